The van der Waals surface area contributed by atoms with Crippen molar-refractivity contribution in [2.45, 2.75) is 25.8 Å². The first-order valence-corrected chi connectivity index (χ1v) is 8.21. The minimum atomic E-state index is 0.475. The van der Waals surface area contributed by atoms with E-state index in [4.69, 9.17) is 16.6 Å². The molecule has 0 aliphatic carbocycles. The van der Waals surface area contributed by atoms with Gasteiger partial charge in [-0.25, -0.2) is 4.98 Å². The van der Waals surface area contributed by atoms with Crippen molar-refractivity contribution in [3.8, 4) is 0 Å². The fraction of sp³-hybridized carbons (Fsp3) is 0.500. The number of imidazole rings is 1. The predicted octanol–water partition coefficient (Wildman–Crippen LogP) is 4.13. The van der Waals surface area contributed by atoms with Crippen molar-refractivity contribution in [2.24, 2.45) is 0 Å². The Hall–Kier alpha value is -0.670. The molecule has 1 atom stereocenters. The van der Waals surface area contributed by atoms with Crippen LogP contribution in [-0.2, 0) is 6.42 Å². The largest absolute Gasteiger partial charge is 0.325 e. The Balaban J connectivity index is 2.40. The van der Waals surface area contributed by atoms with Crippen LogP contribution in [0.1, 0.15) is 25.2 Å². The number of aryl methyl sites for hydroxylation is 1. The van der Waals surface area contributed by atoms with E-state index in [2.05, 4.69) is 35.9 Å². The molecule has 0 aliphatic heterocycles. The molecule has 0 amide bonds. The third-order valence-corrected chi connectivity index (χ3v) is 4.00. The van der Waals surface area contributed by atoms with Crippen molar-refractivity contribution >= 4 is 34.4 Å². The van der Waals surface area contributed by atoms with Crippen LogP contribution in [0.3, 0.4) is 0 Å². The third kappa shape index (κ3) is 2.83. The van der Waals surface area contributed by atoms with Gasteiger partial charge in [0.05, 0.1) is 11.0 Å². The fourth-order valence-electron chi connectivity index (χ4n) is 2.26. The second-order valence-corrected chi connectivity index (χ2v) is 5.82. The Labute approximate surface area is 118 Å². The second-order valence-electron chi connectivity index (χ2n) is 4.46. The smallest absolute Gasteiger partial charge is 0.111 e. The van der Waals surface area contributed by atoms with Crippen LogP contribution in [0.2, 0.25) is 0 Å². The van der Waals surface area contributed by atoms with Crippen molar-refractivity contribution in [3.63, 3.8) is 0 Å². The van der Waals surface area contributed by atoms with Crippen LogP contribution in [0.25, 0.3) is 11.0 Å². The van der Waals surface area contributed by atoms with E-state index in [1.807, 2.05) is 17.8 Å². The van der Waals surface area contributed by atoms with Gasteiger partial charge in [-0.3, -0.25) is 0 Å². The molecule has 0 spiro atoms. The normalized spacial score (nSPS) is 13.1. The molecule has 0 N–H and O–H groups in total. The quantitative estimate of drug-likeness (QED) is 0.742. The Morgan fingerprint density at radius 2 is 2.17 bits per heavy atom. The first kappa shape index (κ1) is 13.8. The summed E-state index contributed by atoms with van der Waals surface area (Å²) in [6.45, 7) is 2.27. The molecular weight excluding hydrogens is 264 g/mol. The number of thioether (sulfide) groups is 1. The monoisotopic (exact) mass is 282 g/mol. The number of hydrogen-bond acceptors (Lipinski definition) is 2. The number of halogens is 1. The molecule has 1 aromatic carbocycles. The van der Waals surface area contributed by atoms with Crippen LogP contribution in [0.4, 0.5) is 0 Å². The highest BCUT2D eigenvalue weighted by atomic mass is 35.5. The standard InChI is InChI=1S/C14H19ClN2S/c1-11(8-10-18-2)17-13-6-4-3-5-12(13)16-14(17)7-9-15/h3-6,11H,7-10H2,1-2H3. The van der Waals surface area contributed by atoms with Crippen molar-refractivity contribution in [1.29, 1.82) is 0 Å². The van der Waals surface area contributed by atoms with Crippen LogP contribution in [-0.4, -0.2) is 27.4 Å². The van der Waals surface area contributed by atoms with E-state index in [-0.39, 0.29) is 0 Å². The Bertz CT molecular complexity index is 509. The zero-order valence-corrected chi connectivity index (χ0v) is 12.5. The number of aromatic nitrogens is 2. The molecule has 0 radical (unpaired) electrons. The minimum Gasteiger partial charge on any atom is -0.325 e. The molecule has 0 aliphatic rings. The molecule has 0 saturated heterocycles. The molecule has 4 heteroatoms. The lowest BCUT2D eigenvalue weighted by molar-refractivity contribution is 0.528. The number of rotatable bonds is 6. The highest BCUT2D eigenvalue weighted by Crippen LogP contribution is 2.24. The van der Waals surface area contributed by atoms with Gasteiger partial charge in [0, 0.05) is 18.3 Å². The molecule has 0 fully saturated rings. The van der Waals surface area contributed by atoms with Gasteiger partial charge in [-0.15, -0.1) is 11.6 Å². The Morgan fingerprint density at radius 1 is 1.39 bits per heavy atom. The van der Waals surface area contributed by atoms with E-state index in [0.717, 1.165) is 24.2 Å². The molecule has 0 saturated carbocycles. The molecule has 2 nitrogen and oxygen atoms in total. The Morgan fingerprint density at radius 3 is 2.89 bits per heavy atom. The average molecular weight is 283 g/mol. The summed E-state index contributed by atoms with van der Waals surface area (Å²) in [5.74, 6) is 2.91. The van der Waals surface area contributed by atoms with Crippen molar-refractivity contribution < 1.29 is 0 Å². The zero-order valence-electron chi connectivity index (χ0n) is 10.9. The Kier molecular flexibility index (Phi) is 4.95. The number of para-hydroxylation sites is 2. The van der Waals surface area contributed by atoms with Crippen LogP contribution in [0, 0.1) is 0 Å². The van der Waals surface area contributed by atoms with Gasteiger partial charge in [0.2, 0.25) is 0 Å². The molecule has 1 aromatic heterocycles. The summed E-state index contributed by atoms with van der Waals surface area (Å²) in [5, 5.41) is 0. The highest BCUT2D eigenvalue weighted by Gasteiger charge is 2.14. The van der Waals surface area contributed by atoms with Gasteiger partial charge in [-0.1, -0.05) is 12.1 Å². The summed E-state index contributed by atoms with van der Waals surface area (Å²) >= 11 is 7.78. The maximum Gasteiger partial charge on any atom is 0.111 e. The van der Waals surface area contributed by atoms with Crippen LogP contribution < -0.4 is 0 Å². The average Bonchev–Trinajstić information content (AvgIpc) is 2.74. The topological polar surface area (TPSA) is 17.8 Å². The molecule has 1 heterocycles. The summed E-state index contributed by atoms with van der Waals surface area (Å²) in [4.78, 5) is 4.70. The van der Waals surface area contributed by atoms with E-state index < -0.39 is 0 Å². The van der Waals surface area contributed by atoms with Gasteiger partial charge in [0.15, 0.2) is 0 Å². The van der Waals surface area contributed by atoms with Crippen molar-refractivity contribution in [1.82, 2.24) is 9.55 Å². The number of hydrogen-bond donors (Lipinski definition) is 0. The summed E-state index contributed by atoms with van der Waals surface area (Å²) in [5.41, 5.74) is 2.31. The van der Waals surface area contributed by atoms with Gasteiger partial charge in [0.1, 0.15) is 5.82 Å². The first-order valence-electron chi connectivity index (χ1n) is 6.28. The summed E-state index contributed by atoms with van der Waals surface area (Å²) in [6, 6.07) is 8.81. The van der Waals surface area contributed by atoms with Gasteiger partial charge < -0.3 is 4.57 Å². The van der Waals surface area contributed by atoms with Gasteiger partial charge in [-0.2, -0.15) is 11.8 Å². The van der Waals surface area contributed by atoms with Crippen LogP contribution >= 0.6 is 23.4 Å². The molecule has 2 aromatic rings. The molecule has 18 heavy (non-hydrogen) atoms. The van der Waals surface area contributed by atoms with Crippen molar-refractivity contribution in [3.05, 3.63) is 30.1 Å². The lowest BCUT2D eigenvalue weighted by atomic mass is 10.2. The predicted molar refractivity (Wildman–Crippen MR) is 81.9 cm³/mol. The van der Waals surface area contributed by atoms with Gasteiger partial charge in [0.25, 0.3) is 0 Å². The highest BCUT2D eigenvalue weighted by molar-refractivity contribution is 7.98. The fourth-order valence-corrected chi connectivity index (χ4v) is 3.01. The molecule has 0 bridgehead atoms. The molecule has 98 valence electrons. The summed E-state index contributed by atoms with van der Waals surface area (Å²) in [7, 11) is 0. The molecular formula is C14H19ClN2S. The number of benzene rings is 1. The first-order chi connectivity index (χ1) is 8.77. The third-order valence-electron chi connectivity index (χ3n) is 3.17. The van der Waals surface area contributed by atoms with E-state index in [0.29, 0.717) is 11.9 Å². The maximum atomic E-state index is 5.89. The van der Waals surface area contributed by atoms with E-state index in [1.54, 1.807) is 0 Å². The molecule has 2 rings (SSSR count). The maximum absolute atomic E-state index is 5.89. The second kappa shape index (κ2) is 6.48. The van der Waals surface area contributed by atoms with Gasteiger partial charge in [-0.05, 0) is 37.5 Å². The molecule has 1 unspecified atom stereocenters. The summed E-state index contributed by atoms with van der Waals surface area (Å²) in [6.07, 6.45) is 4.15. The minimum absolute atomic E-state index is 0.475. The van der Waals surface area contributed by atoms with Crippen LogP contribution in [0.5, 0.6) is 0 Å². The van der Waals surface area contributed by atoms with E-state index in [9.17, 15) is 0 Å². The number of fused-ring (bicyclic) bond motifs is 1. The van der Waals surface area contributed by atoms with E-state index >= 15 is 0 Å². The van der Waals surface area contributed by atoms with Gasteiger partial charge >= 0.3 is 0 Å². The SMILES string of the molecule is CSCCC(C)n1c(CCCl)nc2ccccc21. The van der Waals surface area contributed by atoms with Crippen molar-refractivity contribution in [2.75, 3.05) is 17.9 Å². The van der Waals surface area contributed by atoms with Crippen LogP contribution in [0.15, 0.2) is 24.3 Å². The lowest BCUT2D eigenvalue weighted by Gasteiger charge is -2.17. The number of nitrogens with zero attached hydrogens (tertiary/aromatic N) is 2. The summed E-state index contributed by atoms with van der Waals surface area (Å²) < 4.78 is 2.36. The number of alkyl halides is 1. The zero-order chi connectivity index (χ0) is 13.0. The lowest BCUT2D eigenvalue weighted by Crippen LogP contribution is -2.10. The van der Waals surface area contributed by atoms with E-state index in [1.165, 1.54) is 11.3 Å².